The Labute approximate surface area is 109 Å². The van der Waals surface area contributed by atoms with Gasteiger partial charge >= 0.3 is 0 Å². The van der Waals surface area contributed by atoms with Crippen molar-refractivity contribution in [1.82, 2.24) is 10.2 Å². The number of rotatable bonds is 5. The number of carbonyl (C=O) groups is 1. The molecule has 1 heterocycles. The van der Waals surface area contributed by atoms with Gasteiger partial charge in [0.15, 0.2) is 0 Å². The molecule has 1 aliphatic heterocycles. The summed E-state index contributed by atoms with van der Waals surface area (Å²) in [7, 11) is 0. The third-order valence-corrected chi connectivity index (χ3v) is 3.78. The quantitative estimate of drug-likeness (QED) is 0.754. The minimum absolute atomic E-state index is 0.00952. The van der Waals surface area contributed by atoms with Crippen molar-refractivity contribution in [1.29, 1.82) is 0 Å². The van der Waals surface area contributed by atoms with E-state index in [0.29, 0.717) is 12.4 Å². The maximum atomic E-state index is 11.8. The molecule has 0 aliphatic carbocycles. The van der Waals surface area contributed by atoms with Crippen LogP contribution in [0.4, 0.5) is 0 Å². The second kappa shape index (κ2) is 6.57. The Morgan fingerprint density at radius 1 is 1.59 bits per heavy atom. The summed E-state index contributed by atoms with van der Waals surface area (Å²) in [6.45, 7) is 10.0. The first-order chi connectivity index (χ1) is 7.99. The molecule has 1 rings (SSSR count). The van der Waals surface area contributed by atoms with Gasteiger partial charge in [-0.1, -0.05) is 6.92 Å². The molecule has 1 atom stereocenters. The van der Waals surface area contributed by atoms with Crippen molar-refractivity contribution in [2.75, 3.05) is 38.7 Å². The standard InChI is InChI=1S/C12H23ClN2O2/c1-4-15-5-6-17-10(8-15)7-14-11(16)12(2,3)9-13/h10H,4-9H2,1-3H3,(H,14,16). The Morgan fingerprint density at radius 3 is 2.88 bits per heavy atom. The lowest BCUT2D eigenvalue weighted by Gasteiger charge is -2.32. The number of hydrogen-bond acceptors (Lipinski definition) is 3. The first kappa shape index (κ1) is 14.7. The van der Waals surface area contributed by atoms with Crippen molar-refractivity contribution in [3.05, 3.63) is 0 Å². The highest BCUT2D eigenvalue weighted by Gasteiger charge is 2.27. The summed E-state index contributed by atoms with van der Waals surface area (Å²) in [6, 6.07) is 0. The fourth-order valence-electron chi connectivity index (χ4n) is 1.70. The predicted molar refractivity (Wildman–Crippen MR) is 69.4 cm³/mol. The van der Waals surface area contributed by atoms with E-state index in [0.717, 1.165) is 26.2 Å². The van der Waals surface area contributed by atoms with Crippen LogP contribution >= 0.6 is 11.6 Å². The number of carbonyl (C=O) groups excluding carboxylic acids is 1. The molecule has 0 aromatic heterocycles. The molecule has 1 aliphatic rings. The normalized spacial score (nSPS) is 22.5. The summed E-state index contributed by atoms with van der Waals surface area (Å²) in [5, 5.41) is 2.91. The molecule has 5 heteroatoms. The lowest BCUT2D eigenvalue weighted by Crippen LogP contribution is -2.49. The van der Waals surface area contributed by atoms with Gasteiger partial charge in [0.1, 0.15) is 0 Å². The van der Waals surface area contributed by atoms with E-state index in [2.05, 4.69) is 17.1 Å². The summed E-state index contributed by atoms with van der Waals surface area (Å²) >= 11 is 5.75. The zero-order chi connectivity index (χ0) is 12.9. The molecule has 100 valence electrons. The van der Waals surface area contributed by atoms with Crippen molar-refractivity contribution in [2.45, 2.75) is 26.9 Å². The predicted octanol–water partition coefficient (Wildman–Crippen LogP) is 1.09. The van der Waals surface area contributed by atoms with E-state index >= 15 is 0 Å². The Bertz CT molecular complexity index is 259. The Kier molecular flexibility index (Phi) is 5.70. The van der Waals surface area contributed by atoms with Gasteiger partial charge in [-0.3, -0.25) is 9.69 Å². The Hall–Kier alpha value is -0.320. The number of ether oxygens (including phenoxy) is 1. The van der Waals surface area contributed by atoms with Crippen LogP contribution in [0.3, 0.4) is 0 Å². The molecular weight excluding hydrogens is 240 g/mol. The highest BCUT2D eigenvalue weighted by atomic mass is 35.5. The number of nitrogens with one attached hydrogen (secondary N) is 1. The van der Waals surface area contributed by atoms with Gasteiger partial charge in [-0.2, -0.15) is 0 Å². The van der Waals surface area contributed by atoms with Gasteiger partial charge in [-0.25, -0.2) is 0 Å². The second-order valence-corrected chi connectivity index (χ2v) is 5.38. The Balaban J connectivity index is 2.33. The van der Waals surface area contributed by atoms with Crippen molar-refractivity contribution in [3.63, 3.8) is 0 Å². The number of morpholine rings is 1. The number of amides is 1. The number of halogens is 1. The van der Waals surface area contributed by atoms with E-state index in [1.165, 1.54) is 0 Å². The summed E-state index contributed by atoms with van der Waals surface area (Å²) in [4.78, 5) is 14.2. The largest absolute Gasteiger partial charge is 0.374 e. The molecule has 1 saturated heterocycles. The lowest BCUT2D eigenvalue weighted by molar-refractivity contribution is -0.129. The van der Waals surface area contributed by atoms with Gasteiger partial charge in [-0.15, -0.1) is 11.6 Å². The molecule has 1 fully saturated rings. The van der Waals surface area contributed by atoms with Gasteiger partial charge in [0.05, 0.1) is 18.1 Å². The van der Waals surface area contributed by atoms with Crippen LogP contribution in [0.1, 0.15) is 20.8 Å². The summed E-state index contributed by atoms with van der Waals surface area (Å²) in [6.07, 6.45) is 0.0961. The van der Waals surface area contributed by atoms with Crippen LogP contribution in [0.5, 0.6) is 0 Å². The molecule has 0 radical (unpaired) electrons. The molecular formula is C12H23ClN2O2. The van der Waals surface area contributed by atoms with Crippen LogP contribution in [-0.2, 0) is 9.53 Å². The van der Waals surface area contributed by atoms with Crippen LogP contribution < -0.4 is 5.32 Å². The number of likely N-dealkylation sites (N-methyl/N-ethyl adjacent to an activating group) is 1. The molecule has 0 saturated carbocycles. The molecule has 4 nitrogen and oxygen atoms in total. The van der Waals surface area contributed by atoms with E-state index in [1.54, 1.807) is 0 Å². The van der Waals surface area contributed by atoms with Gasteiger partial charge < -0.3 is 10.1 Å². The SMILES string of the molecule is CCN1CCOC(CNC(=O)C(C)(C)CCl)C1. The topological polar surface area (TPSA) is 41.6 Å². The van der Waals surface area contributed by atoms with Crippen molar-refractivity contribution < 1.29 is 9.53 Å². The van der Waals surface area contributed by atoms with Crippen LogP contribution in [0.25, 0.3) is 0 Å². The second-order valence-electron chi connectivity index (χ2n) is 5.11. The molecule has 1 unspecified atom stereocenters. The number of hydrogen-bond donors (Lipinski definition) is 1. The highest BCUT2D eigenvalue weighted by Crippen LogP contribution is 2.16. The third kappa shape index (κ3) is 4.45. The fraction of sp³-hybridized carbons (Fsp3) is 0.917. The number of nitrogens with zero attached hydrogens (tertiary/aromatic N) is 1. The smallest absolute Gasteiger partial charge is 0.226 e. The molecule has 0 aromatic carbocycles. The van der Waals surface area contributed by atoms with Gasteiger partial charge in [0.2, 0.25) is 5.91 Å². The van der Waals surface area contributed by atoms with Crippen LogP contribution in [0, 0.1) is 5.41 Å². The molecule has 0 spiro atoms. The summed E-state index contributed by atoms with van der Waals surface area (Å²) in [5.74, 6) is 0.315. The van der Waals surface area contributed by atoms with Gasteiger partial charge in [-0.05, 0) is 20.4 Å². The minimum Gasteiger partial charge on any atom is -0.374 e. The van der Waals surface area contributed by atoms with Crippen molar-refractivity contribution in [2.24, 2.45) is 5.41 Å². The molecule has 17 heavy (non-hydrogen) atoms. The van der Waals surface area contributed by atoms with E-state index in [-0.39, 0.29) is 12.0 Å². The number of alkyl halides is 1. The first-order valence-corrected chi connectivity index (χ1v) is 6.71. The zero-order valence-corrected chi connectivity index (χ0v) is 11.7. The van der Waals surface area contributed by atoms with E-state index in [9.17, 15) is 4.79 Å². The van der Waals surface area contributed by atoms with Crippen LogP contribution in [-0.4, -0.2) is 55.6 Å². The third-order valence-electron chi connectivity index (χ3n) is 3.11. The Morgan fingerprint density at radius 2 is 2.29 bits per heavy atom. The van der Waals surface area contributed by atoms with Crippen LogP contribution in [0.15, 0.2) is 0 Å². The fourth-order valence-corrected chi connectivity index (χ4v) is 1.82. The average molecular weight is 263 g/mol. The minimum atomic E-state index is -0.513. The first-order valence-electron chi connectivity index (χ1n) is 6.18. The van der Waals surface area contributed by atoms with Gasteiger partial charge in [0.25, 0.3) is 0 Å². The molecule has 1 N–H and O–H groups in total. The summed E-state index contributed by atoms with van der Waals surface area (Å²) < 4.78 is 5.62. The summed E-state index contributed by atoms with van der Waals surface area (Å²) in [5.41, 5.74) is -0.513. The van der Waals surface area contributed by atoms with Crippen LogP contribution in [0.2, 0.25) is 0 Å². The monoisotopic (exact) mass is 262 g/mol. The molecule has 1 amide bonds. The molecule has 0 bridgehead atoms. The zero-order valence-electron chi connectivity index (χ0n) is 11.0. The van der Waals surface area contributed by atoms with Crippen molar-refractivity contribution in [3.8, 4) is 0 Å². The van der Waals surface area contributed by atoms with Gasteiger partial charge in [0, 0.05) is 25.5 Å². The lowest BCUT2D eigenvalue weighted by atomic mass is 9.95. The maximum absolute atomic E-state index is 11.8. The van der Waals surface area contributed by atoms with Crippen molar-refractivity contribution >= 4 is 17.5 Å². The van der Waals surface area contributed by atoms with E-state index < -0.39 is 5.41 Å². The highest BCUT2D eigenvalue weighted by molar-refractivity contribution is 6.19. The molecule has 0 aromatic rings. The maximum Gasteiger partial charge on any atom is 0.226 e. The van der Waals surface area contributed by atoms with E-state index in [1.807, 2.05) is 13.8 Å². The average Bonchev–Trinajstić information content (AvgIpc) is 2.36. The van der Waals surface area contributed by atoms with E-state index in [4.69, 9.17) is 16.3 Å².